The number of anilines is 1. The highest BCUT2D eigenvalue weighted by molar-refractivity contribution is 7.80. The molecule has 2 aromatic carbocycles. The number of hydrogen-bond donors (Lipinski definition) is 2. The van der Waals surface area contributed by atoms with E-state index in [-0.39, 0.29) is 10.7 Å². The second-order valence-corrected chi connectivity index (χ2v) is 7.30. The summed E-state index contributed by atoms with van der Waals surface area (Å²) in [6, 6.07) is 12.0. The number of amides is 2. The summed E-state index contributed by atoms with van der Waals surface area (Å²) in [4.78, 5) is 37.7. The van der Waals surface area contributed by atoms with Crippen molar-refractivity contribution in [3.05, 3.63) is 64.7 Å². The zero-order chi connectivity index (χ0) is 22.0. The van der Waals surface area contributed by atoms with Crippen LogP contribution in [0.15, 0.2) is 48.0 Å². The van der Waals surface area contributed by atoms with Gasteiger partial charge in [0, 0.05) is 0 Å². The molecule has 1 aliphatic rings. The number of aryl methyl sites for hydroxylation is 2. The molecule has 0 bridgehead atoms. The van der Waals surface area contributed by atoms with Crippen LogP contribution in [0.25, 0.3) is 6.08 Å². The second kappa shape index (κ2) is 8.46. The number of ether oxygens (including phenoxy) is 1. The van der Waals surface area contributed by atoms with Crippen molar-refractivity contribution >= 4 is 46.9 Å². The van der Waals surface area contributed by atoms with E-state index in [1.807, 2.05) is 26.0 Å². The van der Waals surface area contributed by atoms with E-state index in [0.717, 1.165) is 11.1 Å². The Balaban J connectivity index is 1.90. The highest BCUT2D eigenvalue weighted by atomic mass is 32.1. The fourth-order valence-electron chi connectivity index (χ4n) is 3.00. The Morgan fingerprint density at radius 1 is 1.17 bits per heavy atom. The number of nitrogens with zero attached hydrogens (tertiary/aromatic N) is 1. The van der Waals surface area contributed by atoms with Gasteiger partial charge in [0.05, 0.1) is 5.69 Å². The lowest BCUT2D eigenvalue weighted by atomic mass is 10.0. The molecule has 3 rings (SSSR count). The van der Waals surface area contributed by atoms with Gasteiger partial charge in [-0.1, -0.05) is 29.8 Å². The van der Waals surface area contributed by atoms with Gasteiger partial charge >= 0.3 is 5.97 Å². The molecule has 0 aromatic heterocycles. The SMILES string of the molecule is Cc1ccc(N2C(=O)/C(=C/c3ccc(O[C@@H](C)C(=O)O)cc3)C(=O)NC2=S)c(C)c1. The van der Waals surface area contributed by atoms with Gasteiger partial charge in [0.2, 0.25) is 0 Å². The Labute approximate surface area is 179 Å². The van der Waals surface area contributed by atoms with Crippen LogP contribution in [0.1, 0.15) is 23.6 Å². The molecule has 1 aliphatic heterocycles. The molecule has 0 spiro atoms. The average molecular weight is 424 g/mol. The minimum absolute atomic E-state index is 0.0282. The van der Waals surface area contributed by atoms with Crippen molar-refractivity contribution in [3.8, 4) is 5.75 Å². The Morgan fingerprint density at radius 3 is 2.43 bits per heavy atom. The number of carbonyl (C=O) groups is 3. The van der Waals surface area contributed by atoms with Crippen molar-refractivity contribution in [2.24, 2.45) is 0 Å². The van der Waals surface area contributed by atoms with Gasteiger partial charge < -0.3 is 9.84 Å². The molecular formula is C22H20N2O5S. The van der Waals surface area contributed by atoms with E-state index in [1.54, 1.807) is 30.3 Å². The van der Waals surface area contributed by atoms with Crippen molar-refractivity contribution in [1.82, 2.24) is 5.32 Å². The Kier molecular flexibility index (Phi) is 5.98. The summed E-state index contributed by atoms with van der Waals surface area (Å²) < 4.78 is 5.28. The van der Waals surface area contributed by atoms with Crippen LogP contribution in [0.5, 0.6) is 5.75 Å². The molecule has 1 atom stereocenters. The Bertz CT molecular complexity index is 1080. The van der Waals surface area contributed by atoms with Gasteiger partial charge in [0.15, 0.2) is 11.2 Å². The van der Waals surface area contributed by atoms with Gasteiger partial charge in [-0.05, 0) is 68.4 Å². The Hall–Kier alpha value is -3.52. The molecule has 1 heterocycles. The maximum Gasteiger partial charge on any atom is 0.344 e. The van der Waals surface area contributed by atoms with E-state index in [9.17, 15) is 14.4 Å². The molecule has 0 saturated carbocycles. The van der Waals surface area contributed by atoms with E-state index in [1.165, 1.54) is 17.9 Å². The summed E-state index contributed by atoms with van der Waals surface area (Å²) in [5.74, 6) is -1.81. The summed E-state index contributed by atoms with van der Waals surface area (Å²) >= 11 is 5.23. The molecule has 1 fully saturated rings. The summed E-state index contributed by atoms with van der Waals surface area (Å²) in [7, 11) is 0. The average Bonchev–Trinajstić information content (AvgIpc) is 2.67. The van der Waals surface area contributed by atoms with Gasteiger partial charge in [-0.2, -0.15) is 0 Å². The van der Waals surface area contributed by atoms with Crippen LogP contribution < -0.4 is 15.0 Å². The number of carbonyl (C=O) groups excluding carboxylic acids is 2. The number of rotatable bonds is 5. The first-order valence-electron chi connectivity index (χ1n) is 9.15. The maximum atomic E-state index is 13.1. The molecule has 0 radical (unpaired) electrons. The molecule has 0 aliphatic carbocycles. The predicted octanol–water partition coefficient (Wildman–Crippen LogP) is 2.99. The zero-order valence-corrected chi connectivity index (χ0v) is 17.4. The lowest BCUT2D eigenvalue weighted by molar-refractivity contribution is -0.144. The highest BCUT2D eigenvalue weighted by Crippen LogP contribution is 2.26. The second-order valence-electron chi connectivity index (χ2n) is 6.92. The highest BCUT2D eigenvalue weighted by Gasteiger charge is 2.35. The lowest BCUT2D eigenvalue weighted by Crippen LogP contribution is -2.54. The predicted molar refractivity (Wildman–Crippen MR) is 116 cm³/mol. The van der Waals surface area contributed by atoms with Crippen molar-refractivity contribution in [1.29, 1.82) is 0 Å². The van der Waals surface area contributed by atoms with E-state index >= 15 is 0 Å². The van der Waals surface area contributed by atoms with Gasteiger partial charge in [0.1, 0.15) is 11.3 Å². The first-order valence-corrected chi connectivity index (χ1v) is 9.56. The molecule has 1 saturated heterocycles. The van der Waals surface area contributed by atoms with Crippen LogP contribution in [0.2, 0.25) is 0 Å². The summed E-state index contributed by atoms with van der Waals surface area (Å²) in [6.07, 6.45) is 0.465. The number of carboxylic acids is 1. The number of nitrogens with one attached hydrogen (secondary N) is 1. The quantitative estimate of drug-likeness (QED) is 0.435. The smallest absolute Gasteiger partial charge is 0.344 e. The number of hydrogen-bond acceptors (Lipinski definition) is 5. The van der Waals surface area contributed by atoms with Gasteiger partial charge in [-0.15, -0.1) is 0 Å². The topological polar surface area (TPSA) is 95.9 Å². The molecule has 154 valence electrons. The summed E-state index contributed by atoms with van der Waals surface area (Å²) in [6.45, 7) is 5.24. The first kappa shape index (κ1) is 21.2. The Morgan fingerprint density at radius 2 is 1.83 bits per heavy atom. The summed E-state index contributed by atoms with van der Waals surface area (Å²) in [5.41, 5.74) is 3.03. The van der Waals surface area contributed by atoms with Crippen LogP contribution >= 0.6 is 12.2 Å². The van der Waals surface area contributed by atoms with E-state index in [4.69, 9.17) is 22.1 Å². The molecule has 2 amide bonds. The normalized spacial score (nSPS) is 16.4. The van der Waals surface area contributed by atoms with Crippen LogP contribution in [0, 0.1) is 13.8 Å². The van der Waals surface area contributed by atoms with Crippen LogP contribution in [0.4, 0.5) is 5.69 Å². The molecule has 8 heteroatoms. The fourth-order valence-corrected chi connectivity index (χ4v) is 3.27. The minimum Gasteiger partial charge on any atom is -0.479 e. The summed E-state index contributed by atoms with van der Waals surface area (Å²) in [5, 5.41) is 11.5. The fraction of sp³-hybridized carbons (Fsp3) is 0.182. The maximum absolute atomic E-state index is 13.1. The van der Waals surface area contributed by atoms with Crippen LogP contribution in [-0.2, 0) is 14.4 Å². The molecule has 0 unspecified atom stereocenters. The minimum atomic E-state index is -1.08. The third kappa shape index (κ3) is 4.38. The zero-order valence-electron chi connectivity index (χ0n) is 16.6. The van der Waals surface area contributed by atoms with Gasteiger partial charge in [0.25, 0.3) is 11.8 Å². The third-order valence-corrected chi connectivity index (χ3v) is 4.83. The van der Waals surface area contributed by atoms with E-state index in [0.29, 0.717) is 17.0 Å². The largest absolute Gasteiger partial charge is 0.479 e. The number of benzene rings is 2. The molecule has 2 aromatic rings. The van der Waals surface area contributed by atoms with Crippen LogP contribution in [-0.4, -0.2) is 34.1 Å². The number of thiocarbonyl (C=S) groups is 1. The standard InChI is InChI=1S/C22H20N2O5S/c1-12-4-9-18(13(2)10-12)24-20(26)17(19(25)23-22(24)30)11-15-5-7-16(8-6-15)29-14(3)21(27)28/h4-11,14H,1-3H3,(H,27,28)(H,23,25,30)/b17-11+/t14-/m0/s1. The first-order chi connectivity index (χ1) is 14.2. The van der Waals surface area contributed by atoms with E-state index in [2.05, 4.69) is 5.32 Å². The van der Waals surface area contributed by atoms with Crippen LogP contribution in [0.3, 0.4) is 0 Å². The van der Waals surface area contributed by atoms with Crippen molar-refractivity contribution in [3.63, 3.8) is 0 Å². The van der Waals surface area contributed by atoms with E-state index < -0.39 is 23.9 Å². The monoisotopic (exact) mass is 424 g/mol. The van der Waals surface area contributed by atoms with Gasteiger partial charge in [-0.3, -0.25) is 19.8 Å². The molecule has 30 heavy (non-hydrogen) atoms. The molecule has 2 N–H and O–H groups in total. The van der Waals surface area contributed by atoms with Crippen molar-refractivity contribution in [2.45, 2.75) is 26.9 Å². The number of aliphatic carboxylic acids is 1. The number of carboxylic acid groups (broad SMARTS) is 1. The third-order valence-electron chi connectivity index (χ3n) is 4.55. The lowest BCUT2D eigenvalue weighted by Gasteiger charge is -2.30. The van der Waals surface area contributed by atoms with Gasteiger partial charge in [-0.25, -0.2) is 4.79 Å². The van der Waals surface area contributed by atoms with Crippen molar-refractivity contribution in [2.75, 3.05) is 4.90 Å². The molecular weight excluding hydrogens is 404 g/mol. The molecule has 7 nitrogen and oxygen atoms in total. The van der Waals surface area contributed by atoms with Crippen molar-refractivity contribution < 1.29 is 24.2 Å².